The van der Waals surface area contributed by atoms with Crippen LogP contribution in [0.2, 0.25) is 0 Å². The van der Waals surface area contributed by atoms with Gasteiger partial charge in [0.25, 0.3) is 0 Å². The Labute approximate surface area is 115 Å². The molecule has 3 nitrogen and oxygen atoms in total. The van der Waals surface area contributed by atoms with Gasteiger partial charge >= 0.3 is 5.97 Å². The molecule has 0 heterocycles. The van der Waals surface area contributed by atoms with E-state index in [0.717, 1.165) is 24.2 Å². The maximum absolute atomic E-state index is 11.3. The highest BCUT2D eigenvalue weighted by Crippen LogP contribution is 2.24. The van der Waals surface area contributed by atoms with Crippen LogP contribution in [-0.2, 0) is 16.0 Å². The second kappa shape index (κ2) is 7.82. The zero-order valence-corrected chi connectivity index (χ0v) is 12.4. The molecule has 1 rings (SSSR count). The van der Waals surface area contributed by atoms with Gasteiger partial charge in [-0.05, 0) is 63.3 Å². The minimum absolute atomic E-state index is 0.109. The lowest BCUT2D eigenvalue weighted by atomic mass is 10.00. The zero-order chi connectivity index (χ0) is 14.3. The van der Waals surface area contributed by atoms with E-state index >= 15 is 0 Å². The van der Waals surface area contributed by atoms with Gasteiger partial charge < -0.3 is 9.47 Å². The Morgan fingerprint density at radius 1 is 1.11 bits per heavy atom. The molecular weight excluding hydrogens is 240 g/mol. The zero-order valence-electron chi connectivity index (χ0n) is 12.4. The summed E-state index contributed by atoms with van der Waals surface area (Å²) in [6, 6.07) is 4.24. The molecule has 0 unspecified atom stereocenters. The first-order valence-electron chi connectivity index (χ1n) is 6.97. The third-order valence-corrected chi connectivity index (χ3v) is 3.07. The van der Waals surface area contributed by atoms with E-state index in [9.17, 15) is 4.79 Å². The minimum Gasteiger partial charge on any atom is -0.494 e. The van der Waals surface area contributed by atoms with Gasteiger partial charge in [-0.15, -0.1) is 0 Å². The van der Waals surface area contributed by atoms with Crippen LogP contribution in [0.3, 0.4) is 0 Å². The van der Waals surface area contributed by atoms with Crippen molar-refractivity contribution in [3.05, 3.63) is 28.8 Å². The maximum atomic E-state index is 11.3. The number of hydrogen-bond donors (Lipinski definition) is 0. The van der Waals surface area contributed by atoms with E-state index in [0.29, 0.717) is 19.6 Å². The van der Waals surface area contributed by atoms with Gasteiger partial charge in [-0.2, -0.15) is 0 Å². The summed E-state index contributed by atoms with van der Waals surface area (Å²) in [5, 5.41) is 0. The van der Waals surface area contributed by atoms with E-state index in [1.165, 1.54) is 11.1 Å². The molecule has 0 bridgehead atoms. The SMILES string of the molecule is CCOC(=O)CCCc1cc(C)c(OCC)cc1C. The molecular formula is C16H24O3. The standard InChI is InChI=1S/C16H24O3/c1-5-18-15-11-12(3)14(10-13(15)4)8-7-9-16(17)19-6-2/h10-11H,5-9H2,1-4H3. The number of carbonyl (C=O) groups excluding carboxylic acids is 1. The van der Waals surface area contributed by atoms with Crippen molar-refractivity contribution in [2.45, 2.75) is 47.0 Å². The van der Waals surface area contributed by atoms with Gasteiger partial charge in [-0.25, -0.2) is 0 Å². The van der Waals surface area contributed by atoms with Crippen LogP contribution < -0.4 is 4.74 Å². The highest BCUT2D eigenvalue weighted by molar-refractivity contribution is 5.69. The first kappa shape index (κ1) is 15.5. The van der Waals surface area contributed by atoms with E-state index in [1.807, 2.05) is 13.8 Å². The Balaban J connectivity index is 2.59. The summed E-state index contributed by atoms with van der Waals surface area (Å²) in [6.07, 6.45) is 2.21. The molecule has 0 spiro atoms. The number of esters is 1. The van der Waals surface area contributed by atoms with Crippen LogP contribution in [0.1, 0.15) is 43.4 Å². The third-order valence-electron chi connectivity index (χ3n) is 3.07. The number of carbonyl (C=O) groups is 1. The maximum Gasteiger partial charge on any atom is 0.305 e. The van der Waals surface area contributed by atoms with Crippen molar-refractivity contribution in [2.75, 3.05) is 13.2 Å². The van der Waals surface area contributed by atoms with Gasteiger partial charge in [0.05, 0.1) is 13.2 Å². The molecule has 0 saturated heterocycles. The molecule has 0 fully saturated rings. The molecule has 106 valence electrons. The average Bonchev–Trinajstić information content (AvgIpc) is 2.35. The van der Waals surface area contributed by atoms with Crippen LogP contribution in [0.5, 0.6) is 5.75 Å². The Hall–Kier alpha value is -1.51. The first-order valence-corrected chi connectivity index (χ1v) is 6.97. The fourth-order valence-corrected chi connectivity index (χ4v) is 2.09. The van der Waals surface area contributed by atoms with Crippen molar-refractivity contribution < 1.29 is 14.3 Å². The molecule has 3 heteroatoms. The predicted octanol–water partition coefficient (Wildman–Crippen LogP) is 3.59. The smallest absolute Gasteiger partial charge is 0.305 e. The quantitative estimate of drug-likeness (QED) is 0.706. The lowest BCUT2D eigenvalue weighted by molar-refractivity contribution is -0.143. The molecule has 0 atom stereocenters. The molecule has 1 aromatic rings. The highest BCUT2D eigenvalue weighted by atomic mass is 16.5. The minimum atomic E-state index is -0.109. The van der Waals surface area contributed by atoms with Crippen LogP contribution in [0.25, 0.3) is 0 Å². The van der Waals surface area contributed by atoms with Crippen molar-refractivity contribution in [3.63, 3.8) is 0 Å². The molecule has 0 aliphatic rings. The molecule has 0 saturated carbocycles. The highest BCUT2D eigenvalue weighted by Gasteiger charge is 2.07. The summed E-state index contributed by atoms with van der Waals surface area (Å²) in [5.74, 6) is 0.844. The number of hydrogen-bond acceptors (Lipinski definition) is 3. The number of rotatable bonds is 7. The molecule has 19 heavy (non-hydrogen) atoms. The van der Waals surface area contributed by atoms with Crippen LogP contribution in [0, 0.1) is 13.8 Å². The molecule has 1 aromatic carbocycles. The van der Waals surface area contributed by atoms with E-state index in [2.05, 4.69) is 26.0 Å². The lowest BCUT2D eigenvalue weighted by Crippen LogP contribution is -2.04. The average molecular weight is 264 g/mol. The molecule has 0 aliphatic carbocycles. The fraction of sp³-hybridized carbons (Fsp3) is 0.562. The van der Waals surface area contributed by atoms with Gasteiger partial charge in [0.15, 0.2) is 0 Å². The van der Waals surface area contributed by atoms with E-state index < -0.39 is 0 Å². The first-order chi connectivity index (χ1) is 9.08. The van der Waals surface area contributed by atoms with Gasteiger partial charge in [0.1, 0.15) is 5.75 Å². The van der Waals surface area contributed by atoms with Crippen molar-refractivity contribution in [1.29, 1.82) is 0 Å². The van der Waals surface area contributed by atoms with Crippen LogP contribution in [0.4, 0.5) is 0 Å². The van der Waals surface area contributed by atoms with Crippen molar-refractivity contribution in [3.8, 4) is 5.75 Å². The summed E-state index contributed by atoms with van der Waals surface area (Å²) < 4.78 is 10.5. The summed E-state index contributed by atoms with van der Waals surface area (Å²) in [6.45, 7) is 9.10. The van der Waals surface area contributed by atoms with Crippen molar-refractivity contribution in [1.82, 2.24) is 0 Å². The number of aryl methyl sites for hydroxylation is 3. The van der Waals surface area contributed by atoms with E-state index in [4.69, 9.17) is 9.47 Å². The van der Waals surface area contributed by atoms with Crippen molar-refractivity contribution in [2.24, 2.45) is 0 Å². The molecule has 0 aromatic heterocycles. The fourth-order valence-electron chi connectivity index (χ4n) is 2.09. The van der Waals surface area contributed by atoms with Crippen LogP contribution >= 0.6 is 0 Å². The predicted molar refractivity (Wildman–Crippen MR) is 76.7 cm³/mol. The summed E-state index contributed by atoms with van der Waals surface area (Å²) in [5.41, 5.74) is 3.65. The van der Waals surface area contributed by atoms with E-state index in [1.54, 1.807) is 0 Å². The molecule has 0 N–H and O–H groups in total. The molecule has 0 amide bonds. The Morgan fingerprint density at radius 3 is 2.47 bits per heavy atom. The van der Waals surface area contributed by atoms with E-state index in [-0.39, 0.29) is 5.97 Å². The topological polar surface area (TPSA) is 35.5 Å². The summed E-state index contributed by atoms with van der Waals surface area (Å²) >= 11 is 0. The van der Waals surface area contributed by atoms with Crippen LogP contribution in [-0.4, -0.2) is 19.2 Å². The summed E-state index contributed by atoms with van der Waals surface area (Å²) in [4.78, 5) is 11.3. The monoisotopic (exact) mass is 264 g/mol. The second-order valence-electron chi connectivity index (χ2n) is 4.64. The molecule has 0 radical (unpaired) electrons. The van der Waals surface area contributed by atoms with Crippen LogP contribution in [0.15, 0.2) is 12.1 Å². The van der Waals surface area contributed by atoms with Gasteiger partial charge in [0, 0.05) is 6.42 Å². The van der Waals surface area contributed by atoms with Crippen molar-refractivity contribution >= 4 is 5.97 Å². The second-order valence-corrected chi connectivity index (χ2v) is 4.64. The normalized spacial score (nSPS) is 10.3. The Bertz CT molecular complexity index is 424. The van der Waals surface area contributed by atoms with Gasteiger partial charge in [-0.3, -0.25) is 4.79 Å². The lowest BCUT2D eigenvalue weighted by Gasteiger charge is -2.12. The van der Waals surface area contributed by atoms with Gasteiger partial charge in [-0.1, -0.05) is 6.07 Å². The molecule has 0 aliphatic heterocycles. The Kier molecular flexibility index (Phi) is 6.40. The summed E-state index contributed by atoms with van der Waals surface area (Å²) in [7, 11) is 0. The number of benzene rings is 1. The number of ether oxygens (including phenoxy) is 2. The van der Waals surface area contributed by atoms with Gasteiger partial charge in [0.2, 0.25) is 0 Å². The largest absolute Gasteiger partial charge is 0.494 e. The Morgan fingerprint density at radius 2 is 1.84 bits per heavy atom. The third kappa shape index (κ3) is 4.93.